The molecule has 14 heavy (non-hydrogen) atoms. The largest absolute Gasteiger partial charge is 0.396 e. The Morgan fingerprint density at radius 1 is 1.29 bits per heavy atom. The highest BCUT2D eigenvalue weighted by molar-refractivity contribution is 5.44. The van der Waals surface area contributed by atoms with E-state index in [1.807, 2.05) is 0 Å². The van der Waals surface area contributed by atoms with E-state index in [-0.39, 0.29) is 0 Å². The van der Waals surface area contributed by atoms with Crippen LogP contribution in [0.25, 0.3) is 0 Å². The van der Waals surface area contributed by atoms with E-state index >= 15 is 0 Å². The van der Waals surface area contributed by atoms with Gasteiger partial charge in [-0.05, 0) is 31.6 Å². The zero-order valence-electron chi connectivity index (χ0n) is 8.24. The number of hydrogen-bond acceptors (Lipinski definition) is 3. The lowest BCUT2D eigenvalue weighted by molar-refractivity contribution is 0.758. The van der Waals surface area contributed by atoms with Gasteiger partial charge in [-0.2, -0.15) is 0 Å². The number of anilines is 1. The van der Waals surface area contributed by atoms with Crippen molar-refractivity contribution in [1.82, 2.24) is 9.97 Å². The van der Waals surface area contributed by atoms with Crippen molar-refractivity contribution in [2.45, 2.75) is 38.0 Å². The molecule has 1 heterocycles. The van der Waals surface area contributed by atoms with Crippen molar-refractivity contribution in [3.05, 3.63) is 17.7 Å². The number of hydrogen-bond donors (Lipinski definition) is 1. The van der Waals surface area contributed by atoms with Crippen molar-refractivity contribution >= 4 is 5.69 Å². The van der Waals surface area contributed by atoms with E-state index in [0.29, 0.717) is 5.92 Å². The van der Waals surface area contributed by atoms with Gasteiger partial charge in [0.15, 0.2) is 0 Å². The van der Waals surface area contributed by atoms with E-state index in [2.05, 4.69) is 9.97 Å². The molecule has 3 nitrogen and oxygen atoms in total. The molecule has 0 unspecified atom stereocenters. The van der Waals surface area contributed by atoms with Gasteiger partial charge in [-0.25, -0.2) is 9.97 Å². The van der Waals surface area contributed by atoms with Crippen LogP contribution in [0.5, 0.6) is 0 Å². The highest BCUT2D eigenvalue weighted by atomic mass is 14.9. The predicted octanol–water partition coefficient (Wildman–Crippen LogP) is 1.89. The van der Waals surface area contributed by atoms with Gasteiger partial charge in [-0.1, -0.05) is 0 Å². The smallest absolute Gasteiger partial charge is 0.129 e. The van der Waals surface area contributed by atoms with E-state index in [1.165, 1.54) is 25.7 Å². The van der Waals surface area contributed by atoms with Crippen LogP contribution in [0.4, 0.5) is 5.69 Å². The minimum atomic E-state index is 0.635. The monoisotopic (exact) mass is 189 g/mol. The summed E-state index contributed by atoms with van der Waals surface area (Å²) >= 11 is 0. The van der Waals surface area contributed by atoms with Gasteiger partial charge in [-0.15, -0.1) is 0 Å². The van der Waals surface area contributed by atoms with Crippen molar-refractivity contribution in [1.29, 1.82) is 0 Å². The zero-order chi connectivity index (χ0) is 9.54. The highest BCUT2D eigenvalue weighted by Crippen LogP contribution is 2.41. The maximum absolute atomic E-state index is 5.85. The lowest BCUT2D eigenvalue weighted by Gasteiger charge is -2.04. The second kappa shape index (κ2) is 2.94. The molecule has 2 fully saturated rings. The molecular formula is C11H15N3. The summed E-state index contributed by atoms with van der Waals surface area (Å²) in [6, 6.07) is 0. The van der Waals surface area contributed by atoms with Gasteiger partial charge in [0.2, 0.25) is 0 Å². The summed E-state index contributed by atoms with van der Waals surface area (Å²) in [7, 11) is 0. The zero-order valence-corrected chi connectivity index (χ0v) is 8.24. The van der Waals surface area contributed by atoms with Crippen LogP contribution in [0.3, 0.4) is 0 Å². The molecule has 74 valence electrons. The van der Waals surface area contributed by atoms with Gasteiger partial charge in [0.25, 0.3) is 0 Å². The first-order chi connectivity index (χ1) is 6.83. The summed E-state index contributed by atoms with van der Waals surface area (Å²) in [5.74, 6) is 2.49. The number of nitrogens with zero attached hydrogens (tertiary/aromatic N) is 2. The topological polar surface area (TPSA) is 51.8 Å². The van der Waals surface area contributed by atoms with Gasteiger partial charge in [0, 0.05) is 12.3 Å². The van der Waals surface area contributed by atoms with E-state index in [1.54, 1.807) is 6.20 Å². The maximum Gasteiger partial charge on any atom is 0.129 e. The molecule has 1 aromatic heterocycles. The predicted molar refractivity (Wildman–Crippen MR) is 54.8 cm³/mol. The SMILES string of the molecule is Nc1cnc(CC2CC2)nc1C1CC1. The first kappa shape index (κ1) is 8.21. The van der Waals surface area contributed by atoms with Gasteiger partial charge in [0.1, 0.15) is 5.82 Å². The third-order valence-corrected chi connectivity index (χ3v) is 3.03. The molecule has 2 aliphatic rings. The van der Waals surface area contributed by atoms with Crippen LogP contribution in [0.1, 0.15) is 43.1 Å². The van der Waals surface area contributed by atoms with Crippen LogP contribution in [0.15, 0.2) is 6.20 Å². The lowest BCUT2D eigenvalue weighted by Crippen LogP contribution is -2.03. The Morgan fingerprint density at radius 3 is 2.71 bits per heavy atom. The molecule has 0 spiro atoms. The second-order valence-corrected chi connectivity index (χ2v) is 4.55. The number of rotatable bonds is 3. The normalized spacial score (nSPS) is 21.1. The molecular weight excluding hydrogens is 174 g/mol. The second-order valence-electron chi connectivity index (χ2n) is 4.55. The molecule has 0 aromatic carbocycles. The number of nitrogen functional groups attached to an aromatic ring is 1. The maximum atomic E-state index is 5.85. The van der Waals surface area contributed by atoms with Crippen molar-refractivity contribution < 1.29 is 0 Å². The van der Waals surface area contributed by atoms with Crippen LogP contribution in [0.2, 0.25) is 0 Å². The molecule has 0 radical (unpaired) electrons. The quantitative estimate of drug-likeness (QED) is 0.790. The lowest BCUT2D eigenvalue weighted by atomic mass is 10.2. The number of nitrogens with two attached hydrogens (primary N) is 1. The minimum absolute atomic E-state index is 0.635. The standard InChI is InChI=1S/C11H15N3/c12-9-6-13-10(5-7-1-2-7)14-11(9)8-3-4-8/h6-8H,1-5,12H2. The Hall–Kier alpha value is -1.12. The molecule has 0 aliphatic heterocycles. The minimum Gasteiger partial charge on any atom is -0.396 e. The van der Waals surface area contributed by atoms with Crippen LogP contribution < -0.4 is 5.73 Å². The Kier molecular flexibility index (Phi) is 1.72. The van der Waals surface area contributed by atoms with E-state index in [0.717, 1.165) is 29.5 Å². The molecule has 0 amide bonds. The summed E-state index contributed by atoms with van der Waals surface area (Å²) in [4.78, 5) is 8.87. The Bertz CT molecular complexity index is 354. The Labute approximate surface area is 83.8 Å². The van der Waals surface area contributed by atoms with Crippen molar-refractivity contribution in [3.8, 4) is 0 Å². The van der Waals surface area contributed by atoms with Crippen molar-refractivity contribution in [3.63, 3.8) is 0 Å². The van der Waals surface area contributed by atoms with Gasteiger partial charge in [0.05, 0.1) is 17.6 Å². The summed E-state index contributed by atoms with van der Waals surface area (Å²) in [5.41, 5.74) is 7.74. The average Bonchev–Trinajstić information content (AvgIpc) is 2.99. The molecule has 2 aliphatic carbocycles. The summed E-state index contributed by atoms with van der Waals surface area (Å²) in [6.45, 7) is 0. The number of aromatic nitrogens is 2. The van der Waals surface area contributed by atoms with Crippen molar-refractivity contribution in [2.75, 3.05) is 5.73 Å². The molecule has 0 saturated heterocycles. The molecule has 3 heteroatoms. The first-order valence-corrected chi connectivity index (χ1v) is 5.44. The fourth-order valence-electron chi connectivity index (χ4n) is 1.80. The van der Waals surface area contributed by atoms with Crippen molar-refractivity contribution in [2.24, 2.45) is 5.92 Å². The molecule has 0 atom stereocenters. The van der Waals surface area contributed by atoms with Crippen LogP contribution in [0, 0.1) is 5.92 Å². The summed E-state index contributed by atoms with van der Waals surface area (Å²) < 4.78 is 0. The van der Waals surface area contributed by atoms with Gasteiger partial charge in [-0.3, -0.25) is 0 Å². The van der Waals surface area contributed by atoms with Crippen LogP contribution in [-0.2, 0) is 6.42 Å². The fourth-order valence-corrected chi connectivity index (χ4v) is 1.80. The van der Waals surface area contributed by atoms with Gasteiger partial charge < -0.3 is 5.73 Å². The molecule has 2 saturated carbocycles. The highest BCUT2D eigenvalue weighted by Gasteiger charge is 2.29. The van der Waals surface area contributed by atoms with Crippen LogP contribution in [-0.4, -0.2) is 9.97 Å². The average molecular weight is 189 g/mol. The third-order valence-electron chi connectivity index (χ3n) is 3.03. The molecule has 0 bridgehead atoms. The first-order valence-electron chi connectivity index (χ1n) is 5.44. The summed E-state index contributed by atoms with van der Waals surface area (Å²) in [5, 5.41) is 0. The Balaban J connectivity index is 1.85. The third kappa shape index (κ3) is 1.59. The Morgan fingerprint density at radius 2 is 2.07 bits per heavy atom. The van der Waals surface area contributed by atoms with E-state index < -0.39 is 0 Å². The summed E-state index contributed by atoms with van der Waals surface area (Å²) in [6.07, 6.45) is 8.06. The van der Waals surface area contributed by atoms with Crippen LogP contribution >= 0.6 is 0 Å². The molecule has 1 aromatic rings. The van der Waals surface area contributed by atoms with E-state index in [9.17, 15) is 0 Å². The fraction of sp³-hybridized carbons (Fsp3) is 0.636. The van der Waals surface area contributed by atoms with Gasteiger partial charge >= 0.3 is 0 Å². The van der Waals surface area contributed by atoms with E-state index in [4.69, 9.17) is 5.73 Å². The molecule has 2 N–H and O–H groups in total. The molecule has 3 rings (SSSR count).